The Morgan fingerprint density at radius 2 is 1.92 bits per heavy atom. The zero-order valence-electron chi connectivity index (χ0n) is 15.9. The van der Waals surface area contributed by atoms with Crippen LogP contribution in [0.2, 0.25) is 0 Å². The molecule has 1 aromatic carbocycles. The van der Waals surface area contributed by atoms with E-state index in [2.05, 4.69) is 5.32 Å². The quantitative estimate of drug-likeness (QED) is 0.716. The molecule has 5 nitrogen and oxygen atoms in total. The van der Waals surface area contributed by atoms with E-state index in [9.17, 15) is 9.59 Å². The van der Waals surface area contributed by atoms with Crippen LogP contribution in [0.5, 0.6) is 0 Å². The van der Waals surface area contributed by atoms with Gasteiger partial charge in [-0.05, 0) is 38.2 Å². The molecule has 1 aromatic rings. The van der Waals surface area contributed by atoms with E-state index in [4.69, 9.17) is 0 Å². The normalized spacial score (nSPS) is 21.2. The molecular weight excluding hydrogens is 326 g/mol. The van der Waals surface area contributed by atoms with E-state index in [0.29, 0.717) is 25.9 Å². The molecule has 2 aliphatic heterocycles. The molecule has 0 aliphatic carbocycles. The van der Waals surface area contributed by atoms with Gasteiger partial charge in [-0.3, -0.25) is 9.59 Å². The molecule has 2 N–H and O–H groups in total. The van der Waals surface area contributed by atoms with Crippen molar-refractivity contribution in [1.29, 1.82) is 0 Å². The monoisotopic (exact) mass is 358 g/mol. The number of nitrogens with zero attached hydrogens (tertiary/aromatic N) is 1. The van der Waals surface area contributed by atoms with Crippen molar-refractivity contribution in [2.24, 2.45) is 0 Å². The SMILES string of the molecule is Cc1ccc(CN2C(=O)CCC2C(=O)NCCC[NH+]2CCCCC2)cc1. The average molecular weight is 359 g/mol. The third-order valence-corrected chi connectivity index (χ3v) is 5.67. The van der Waals surface area contributed by atoms with Crippen molar-refractivity contribution in [2.75, 3.05) is 26.2 Å². The minimum absolute atomic E-state index is 0.0107. The van der Waals surface area contributed by atoms with Crippen molar-refractivity contribution >= 4 is 11.8 Å². The Bertz CT molecular complexity index is 608. The highest BCUT2D eigenvalue weighted by molar-refractivity contribution is 5.90. The van der Waals surface area contributed by atoms with Gasteiger partial charge >= 0.3 is 0 Å². The van der Waals surface area contributed by atoms with Crippen LogP contribution in [0.3, 0.4) is 0 Å². The molecule has 1 unspecified atom stereocenters. The first kappa shape index (κ1) is 18.9. The summed E-state index contributed by atoms with van der Waals surface area (Å²) in [6.07, 6.45) is 6.15. The Labute approximate surface area is 156 Å². The smallest absolute Gasteiger partial charge is 0.242 e. The number of benzene rings is 1. The molecule has 142 valence electrons. The summed E-state index contributed by atoms with van der Waals surface area (Å²) in [6, 6.07) is 7.86. The molecule has 0 saturated carbocycles. The van der Waals surface area contributed by atoms with Crippen LogP contribution in [0, 0.1) is 6.92 Å². The van der Waals surface area contributed by atoms with Crippen molar-refractivity contribution in [1.82, 2.24) is 10.2 Å². The molecule has 2 aliphatic rings. The van der Waals surface area contributed by atoms with Gasteiger partial charge in [0.15, 0.2) is 0 Å². The van der Waals surface area contributed by atoms with Crippen LogP contribution in [0.15, 0.2) is 24.3 Å². The van der Waals surface area contributed by atoms with Gasteiger partial charge in [0.2, 0.25) is 11.8 Å². The first-order valence-corrected chi connectivity index (χ1v) is 10.1. The van der Waals surface area contributed by atoms with Gasteiger partial charge in [0.05, 0.1) is 19.6 Å². The van der Waals surface area contributed by atoms with Gasteiger partial charge in [0.1, 0.15) is 6.04 Å². The lowest BCUT2D eigenvalue weighted by atomic mass is 10.1. The molecule has 26 heavy (non-hydrogen) atoms. The van der Waals surface area contributed by atoms with E-state index in [0.717, 1.165) is 18.5 Å². The Morgan fingerprint density at radius 1 is 1.19 bits per heavy atom. The van der Waals surface area contributed by atoms with Crippen molar-refractivity contribution in [3.63, 3.8) is 0 Å². The summed E-state index contributed by atoms with van der Waals surface area (Å²) >= 11 is 0. The van der Waals surface area contributed by atoms with Crippen LogP contribution >= 0.6 is 0 Å². The van der Waals surface area contributed by atoms with E-state index in [-0.39, 0.29) is 17.9 Å². The number of likely N-dealkylation sites (tertiary alicyclic amines) is 2. The van der Waals surface area contributed by atoms with Gasteiger partial charge in [0, 0.05) is 25.9 Å². The number of amides is 2. The highest BCUT2D eigenvalue weighted by Gasteiger charge is 2.35. The van der Waals surface area contributed by atoms with Gasteiger partial charge in [-0.2, -0.15) is 0 Å². The number of aryl methyl sites for hydroxylation is 1. The van der Waals surface area contributed by atoms with Gasteiger partial charge in [0.25, 0.3) is 0 Å². The maximum Gasteiger partial charge on any atom is 0.242 e. The fraction of sp³-hybridized carbons (Fsp3) is 0.619. The first-order chi connectivity index (χ1) is 12.6. The van der Waals surface area contributed by atoms with Crippen molar-refractivity contribution in [3.8, 4) is 0 Å². The molecule has 2 fully saturated rings. The number of piperidine rings is 1. The molecule has 3 rings (SSSR count). The van der Waals surface area contributed by atoms with Crippen LogP contribution < -0.4 is 10.2 Å². The van der Waals surface area contributed by atoms with Crippen LogP contribution in [-0.4, -0.2) is 48.9 Å². The number of carbonyl (C=O) groups excluding carboxylic acids is 2. The summed E-state index contributed by atoms with van der Waals surface area (Å²) in [6.45, 7) is 6.97. The van der Waals surface area contributed by atoms with Crippen molar-refractivity contribution < 1.29 is 14.5 Å². The summed E-state index contributed by atoms with van der Waals surface area (Å²) in [5.41, 5.74) is 2.28. The van der Waals surface area contributed by atoms with Gasteiger partial charge in [-0.15, -0.1) is 0 Å². The second kappa shape index (κ2) is 9.17. The number of carbonyl (C=O) groups is 2. The van der Waals surface area contributed by atoms with Gasteiger partial charge in [-0.25, -0.2) is 0 Å². The van der Waals surface area contributed by atoms with Crippen LogP contribution in [0.4, 0.5) is 0 Å². The van der Waals surface area contributed by atoms with Crippen LogP contribution in [0.1, 0.15) is 49.7 Å². The highest BCUT2D eigenvalue weighted by Crippen LogP contribution is 2.22. The van der Waals surface area contributed by atoms with Gasteiger partial charge < -0.3 is 15.1 Å². The first-order valence-electron chi connectivity index (χ1n) is 10.1. The highest BCUT2D eigenvalue weighted by atomic mass is 16.2. The molecule has 0 aromatic heterocycles. The Morgan fingerprint density at radius 3 is 2.65 bits per heavy atom. The van der Waals surface area contributed by atoms with E-state index >= 15 is 0 Å². The van der Waals surface area contributed by atoms with Crippen molar-refractivity contribution in [3.05, 3.63) is 35.4 Å². The van der Waals surface area contributed by atoms with E-state index in [1.165, 1.54) is 37.9 Å². The zero-order valence-corrected chi connectivity index (χ0v) is 15.9. The number of quaternary nitrogens is 1. The van der Waals surface area contributed by atoms with Gasteiger partial charge in [-0.1, -0.05) is 29.8 Å². The predicted molar refractivity (Wildman–Crippen MR) is 102 cm³/mol. The maximum atomic E-state index is 12.6. The lowest BCUT2D eigenvalue weighted by molar-refractivity contribution is -0.904. The van der Waals surface area contributed by atoms with E-state index in [1.54, 1.807) is 9.80 Å². The summed E-state index contributed by atoms with van der Waals surface area (Å²) in [4.78, 5) is 28.2. The fourth-order valence-electron chi connectivity index (χ4n) is 4.06. The predicted octanol–water partition coefficient (Wildman–Crippen LogP) is 1.06. The van der Waals surface area contributed by atoms with E-state index < -0.39 is 0 Å². The van der Waals surface area contributed by atoms with Crippen molar-refractivity contribution in [2.45, 2.75) is 58.0 Å². The van der Waals surface area contributed by atoms with Crippen LogP contribution in [-0.2, 0) is 16.1 Å². The number of rotatable bonds is 7. The second-order valence-electron chi connectivity index (χ2n) is 7.77. The number of hydrogen-bond acceptors (Lipinski definition) is 2. The minimum atomic E-state index is -0.314. The Kier molecular flexibility index (Phi) is 6.67. The molecule has 0 radical (unpaired) electrons. The topological polar surface area (TPSA) is 53.9 Å². The Hall–Kier alpha value is -1.88. The molecule has 0 bridgehead atoms. The molecule has 2 heterocycles. The summed E-state index contributed by atoms with van der Waals surface area (Å²) in [7, 11) is 0. The number of nitrogens with one attached hydrogen (secondary N) is 2. The average Bonchev–Trinajstić information content (AvgIpc) is 3.02. The third-order valence-electron chi connectivity index (χ3n) is 5.67. The van der Waals surface area contributed by atoms with Crippen LogP contribution in [0.25, 0.3) is 0 Å². The third kappa shape index (κ3) is 5.07. The minimum Gasteiger partial charge on any atom is -0.354 e. The molecule has 0 spiro atoms. The molecule has 5 heteroatoms. The summed E-state index contributed by atoms with van der Waals surface area (Å²) in [5.74, 6) is 0.0973. The van der Waals surface area contributed by atoms with E-state index in [1.807, 2.05) is 31.2 Å². The molecular formula is C21H32N3O2+. The fourth-order valence-corrected chi connectivity index (χ4v) is 4.06. The lowest BCUT2D eigenvalue weighted by Gasteiger charge is -2.25. The maximum absolute atomic E-state index is 12.6. The molecule has 1 atom stereocenters. The standard InChI is InChI=1S/C21H31N3O2/c1-17-6-8-18(9-7-17)16-24-19(10-11-20(24)25)21(26)22-12-5-15-23-13-3-2-4-14-23/h6-9,19H,2-5,10-16H2,1H3,(H,22,26)/p+1. The zero-order chi connectivity index (χ0) is 18.4. The molecule has 2 amide bonds. The number of hydrogen-bond donors (Lipinski definition) is 2. The largest absolute Gasteiger partial charge is 0.354 e. The second-order valence-corrected chi connectivity index (χ2v) is 7.77. The summed E-state index contributed by atoms with van der Waals surface area (Å²) in [5, 5.41) is 3.06. The Balaban J connectivity index is 1.45. The molecule has 2 saturated heterocycles. The summed E-state index contributed by atoms with van der Waals surface area (Å²) < 4.78 is 0. The lowest BCUT2D eigenvalue weighted by Crippen LogP contribution is -3.12.